The van der Waals surface area contributed by atoms with Crippen molar-refractivity contribution in [3.05, 3.63) is 41.5 Å². The zero-order valence-electron chi connectivity index (χ0n) is 11.5. The van der Waals surface area contributed by atoms with Crippen LogP contribution in [0.1, 0.15) is 34.8 Å². The number of hydrogen-bond donors (Lipinski definition) is 3. The Hall–Kier alpha value is -2.90. The Kier molecular flexibility index (Phi) is 4.17. The van der Waals surface area contributed by atoms with Gasteiger partial charge >= 0.3 is 12.0 Å². The molecule has 2 rings (SSSR count). The van der Waals surface area contributed by atoms with Gasteiger partial charge in [0.05, 0.1) is 23.6 Å². The monoisotopic (exact) mass is 290 g/mol. The molecule has 0 aliphatic carbocycles. The fraction of sp³-hybridized carbons (Fsp3) is 0.231. The minimum Gasteiger partial charge on any atom is -0.477 e. The molecule has 0 spiro atoms. The molecule has 3 N–H and O–H groups in total. The molecular weight excluding hydrogens is 276 g/mol. The van der Waals surface area contributed by atoms with E-state index in [9.17, 15) is 9.59 Å². The number of urea groups is 1. The van der Waals surface area contributed by atoms with Crippen LogP contribution in [0.5, 0.6) is 0 Å². The molecule has 0 aromatic carbocycles. The van der Waals surface area contributed by atoms with Gasteiger partial charge in [-0.3, -0.25) is 4.98 Å². The van der Waals surface area contributed by atoms with E-state index >= 15 is 0 Å². The number of nitrogens with one attached hydrogen (secondary N) is 2. The molecule has 0 aliphatic heterocycles. The predicted molar refractivity (Wildman–Crippen MR) is 73.0 cm³/mol. The van der Waals surface area contributed by atoms with Crippen molar-refractivity contribution in [1.82, 2.24) is 15.5 Å². The van der Waals surface area contributed by atoms with Crippen molar-refractivity contribution in [1.29, 1.82) is 0 Å². The standard InChI is InChI=1S/C13H14N4O4/c1-7-10(12(18)19)11(21-17-7)8(2)15-13(20)16-9-4-3-5-14-6-9/h3-6,8H,1-2H3,(H,18,19)(H2,15,16,20). The van der Waals surface area contributed by atoms with Crippen LogP contribution in [0.25, 0.3) is 0 Å². The van der Waals surface area contributed by atoms with Gasteiger partial charge in [0.1, 0.15) is 5.56 Å². The minimum absolute atomic E-state index is 0.0378. The molecule has 2 heterocycles. The zero-order valence-corrected chi connectivity index (χ0v) is 11.5. The van der Waals surface area contributed by atoms with Crippen molar-refractivity contribution < 1.29 is 19.2 Å². The summed E-state index contributed by atoms with van der Waals surface area (Å²) < 4.78 is 4.98. The molecule has 0 saturated carbocycles. The highest BCUT2D eigenvalue weighted by atomic mass is 16.5. The van der Waals surface area contributed by atoms with E-state index in [-0.39, 0.29) is 17.0 Å². The number of carbonyl (C=O) groups excluding carboxylic acids is 1. The van der Waals surface area contributed by atoms with Crippen LogP contribution in [0.3, 0.4) is 0 Å². The number of aromatic carboxylic acids is 1. The summed E-state index contributed by atoms with van der Waals surface area (Å²) in [5, 5.41) is 17.9. The fourth-order valence-corrected chi connectivity index (χ4v) is 1.81. The van der Waals surface area contributed by atoms with Crippen LogP contribution in [0.15, 0.2) is 29.0 Å². The number of rotatable bonds is 4. The zero-order chi connectivity index (χ0) is 15.4. The van der Waals surface area contributed by atoms with Crippen LogP contribution in [-0.2, 0) is 0 Å². The average molecular weight is 290 g/mol. The molecule has 8 nitrogen and oxygen atoms in total. The van der Waals surface area contributed by atoms with E-state index in [2.05, 4.69) is 20.8 Å². The molecule has 2 aromatic rings. The molecule has 2 aromatic heterocycles. The first-order valence-electron chi connectivity index (χ1n) is 6.16. The van der Waals surface area contributed by atoms with E-state index in [1.807, 2.05) is 0 Å². The Labute approximate surface area is 120 Å². The quantitative estimate of drug-likeness (QED) is 0.792. The van der Waals surface area contributed by atoms with Gasteiger partial charge in [0.25, 0.3) is 0 Å². The first kappa shape index (κ1) is 14.5. The van der Waals surface area contributed by atoms with Crippen molar-refractivity contribution in [2.24, 2.45) is 0 Å². The molecular formula is C13H14N4O4. The van der Waals surface area contributed by atoms with Gasteiger partial charge in [0.15, 0.2) is 5.76 Å². The number of hydrogen-bond acceptors (Lipinski definition) is 5. The summed E-state index contributed by atoms with van der Waals surface area (Å²) in [6.07, 6.45) is 3.08. The SMILES string of the molecule is Cc1noc(C(C)NC(=O)Nc2cccnc2)c1C(=O)O. The highest BCUT2D eigenvalue weighted by Crippen LogP contribution is 2.21. The Balaban J connectivity index is 2.06. The lowest BCUT2D eigenvalue weighted by atomic mass is 10.1. The van der Waals surface area contributed by atoms with Gasteiger partial charge in [-0.1, -0.05) is 5.16 Å². The summed E-state index contributed by atoms with van der Waals surface area (Å²) in [6, 6.07) is 2.22. The number of anilines is 1. The van der Waals surface area contributed by atoms with E-state index in [0.717, 1.165) is 0 Å². The number of carboxylic acids is 1. The maximum atomic E-state index is 11.8. The fourth-order valence-electron chi connectivity index (χ4n) is 1.81. The highest BCUT2D eigenvalue weighted by Gasteiger charge is 2.25. The summed E-state index contributed by atoms with van der Waals surface area (Å²) in [5.74, 6) is -1.05. The number of carbonyl (C=O) groups is 2. The molecule has 21 heavy (non-hydrogen) atoms. The normalized spacial score (nSPS) is 11.7. The van der Waals surface area contributed by atoms with E-state index in [4.69, 9.17) is 9.63 Å². The molecule has 1 atom stereocenters. The Bertz CT molecular complexity index is 653. The predicted octanol–water partition coefficient (Wildman–Crippen LogP) is 1.96. The van der Waals surface area contributed by atoms with Crippen LogP contribution in [0.2, 0.25) is 0 Å². The van der Waals surface area contributed by atoms with Crippen LogP contribution in [0.4, 0.5) is 10.5 Å². The number of nitrogens with zero attached hydrogens (tertiary/aromatic N) is 2. The number of aryl methyl sites for hydroxylation is 1. The molecule has 0 fully saturated rings. The second-order valence-electron chi connectivity index (χ2n) is 4.37. The highest BCUT2D eigenvalue weighted by molar-refractivity contribution is 5.91. The molecule has 0 aliphatic rings. The van der Waals surface area contributed by atoms with Crippen LogP contribution < -0.4 is 10.6 Å². The lowest BCUT2D eigenvalue weighted by Crippen LogP contribution is -2.31. The number of carboxylic acid groups (broad SMARTS) is 1. The van der Waals surface area contributed by atoms with E-state index in [1.165, 1.54) is 13.1 Å². The molecule has 8 heteroatoms. The maximum Gasteiger partial charge on any atom is 0.341 e. The van der Waals surface area contributed by atoms with Gasteiger partial charge in [0.2, 0.25) is 0 Å². The van der Waals surface area contributed by atoms with E-state index < -0.39 is 18.0 Å². The molecule has 110 valence electrons. The Morgan fingerprint density at radius 2 is 2.19 bits per heavy atom. The molecule has 0 radical (unpaired) electrons. The summed E-state index contributed by atoms with van der Waals surface area (Å²) in [7, 11) is 0. The van der Waals surface area contributed by atoms with Crippen molar-refractivity contribution >= 4 is 17.7 Å². The van der Waals surface area contributed by atoms with Gasteiger partial charge in [-0.05, 0) is 26.0 Å². The first-order valence-corrected chi connectivity index (χ1v) is 6.16. The van der Waals surface area contributed by atoms with Crippen molar-refractivity contribution in [3.63, 3.8) is 0 Å². The summed E-state index contributed by atoms with van der Waals surface area (Å²) in [4.78, 5) is 26.8. The third-order valence-electron chi connectivity index (χ3n) is 2.76. The average Bonchev–Trinajstić information content (AvgIpc) is 2.81. The van der Waals surface area contributed by atoms with E-state index in [1.54, 1.807) is 25.3 Å². The van der Waals surface area contributed by atoms with Gasteiger partial charge < -0.3 is 20.3 Å². The lowest BCUT2D eigenvalue weighted by molar-refractivity contribution is 0.0692. The van der Waals surface area contributed by atoms with Crippen molar-refractivity contribution in [2.75, 3.05) is 5.32 Å². The number of aromatic nitrogens is 2. The van der Waals surface area contributed by atoms with Gasteiger partial charge in [-0.15, -0.1) is 0 Å². The van der Waals surface area contributed by atoms with Crippen LogP contribution >= 0.6 is 0 Å². The second-order valence-corrected chi connectivity index (χ2v) is 4.37. The summed E-state index contributed by atoms with van der Waals surface area (Å²) in [6.45, 7) is 3.13. The Morgan fingerprint density at radius 3 is 2.81 bits per heavy atom. The number of amides is 2. The Morgan fingerprint density at radius 1 is 1.43 bits per heavy atom. The molecule has 2 amide bonds. The van der Waals surface area contributed by atoms with Crippen LogP contribution in [-0.4, -0.2) is 27.2 Å². The summed E-state index contributed by atoms with van der Waals surface area (Å²) >= 11 is 0. The van der Waals surface area contributed by atoms with Gasteiger partial charge in [-0.2, -0.15) is 0 Å². The lowest BCUT2D eigenvalue weighted by Gasteiger charge is -2.12. The minimum atomic E-state index is -1.15. The van der Waals surface area contributed by atoms with Gasteiger partial charge in [-0.25, -0.2) is 9.59 Å². The maximum absolute atomic E-state index is 11.8. The van der Waals surface area contributed by atoms with Crippen LogP contribution in [0, 0.1) is 6.92 Å². The summed E-state index contributed by atoms with van der Waals surface area (Å²) in [5.41, 5.74) is 0.748. The van der Waals surface area contributed by atoms with E-state index in [0.29, 0.717) is 5.69 Å². The topological polar surface area (TPSA) is 117 Å². The smallest absolute Gasteiger partial charge is 0.341 e. The molecule has 1 unspecified atom stereocenters. The third-order valence-corrected chi connectivity index (χ3v) is 2.76. The van der Waals surface area contributed by atoms with Crippen molar-refractivity contribution in [2.45, 2.75) is 19.9 Å². The molecule has 0 bridgehead atoms. The molecule has 0 saturated heterocycles. The third kappa shape index (κ3) is 3.35. The second kappa shape index (κ2) is 6.04. The largest absolute Gasteiger partial charge is 0.477 e. The first-order chi connectivity index (χ1) is 9.99. The number of pyridine rings is 1. The van der Waals surface area contributed by atoms with Crippen molar-refractivity contribution in [3.8, 4) is 0 Å². The van der Waals surface area contributed by atoms with Gasteiger partial charge in [0, 0.05) is 6.20 Å².